The van der Waals surface area contributed by atoms with Crippen LogP contribution in [0.25, 0.3) is 16.9 Å². The van der Waals surface area contributed by atoms with E-state index in [4.69, 9.17) is 0 Å². The molecule has 1 aromatic heterocycles. The van der Waals surface area contributed by atoms with E-state index >= 15 is 0 Å². The number of ketones is 1. The summed E-state index contributed by atoms with van der Waals surface area (Å²) in [6.07, 6.45) is 1.38. The number of hydrogen-bond donors (Lipinski definition) is 0. The van der Waals surface area contributed by atoms with Gasteiger partial charge >= 0.3 is 0 Å². The fourth-order valence-electron chi connectivity index (χ4n) is 4.14. The van der Waals surface area contributed by atoms with Crippen LogP contribution in [0.15, 0.2) is 54.6 Å². The van der Waals surface area contributed by atoms with Crippen LogP contribution in [0, 0.1) is 18.2 Å². The number of benzene rings is 2. The van der Waals surface area contributed by atoms with E-state index < -0.39 is 0 Å². The van der Waals surface area contributed by atoms with E-state index in [9.17, 15) is 9.18 Å². The van der Waals surface area contributed by atoms with E-state index in [1.807, 2.05) is 25.1 Å². The lowest BCUT2D eigenvalue weighted by Gasteiger charge is -2.30. The predicted octanol–water partition coefficient (Wildman–Crippen LogP) is 5.75. The first kappa shape index (κ1) is 16.8. The first-order valence-corrected chi connectivity index (χ1v) is 8.96. The maximum absolute atomic E-state index is 13.5. The Morgan fingerprint density at radius 1 is 0.962 bits per heavy atom. The third-order valence-corrected chi connectivity index (χ3v) is 5.21. The number of carbonyl (C=O) groups is 1. The monoisotopic (exact) mass is 347 g/mol. The second-order valence-corrected chi connectivity index (χ2v) is 7.91. The van der Waals surface area contributed by atoms with Gasteiger partial charge in [0.05, 0.1) is 5.69 Å². The lowest BCUT2D eigenvalue weighted by Crippen LogP contribution is -2.28. The molecule has 1 aliphatic rings. The van der Waals surface area contributed by atoms with Gasteiger partial charge in [-0.1, -0.05) is 44.2 Å². The van der Waals surface area contributed by atoms with E-state index in [1.165, 1.54) is 12.1 Å². The highest BCUT2D eigenvalue weighted by molar-refractivity contribution is 6.02. The SMILES string of the molecule is Cc1c2c(n(-c3ccc(F)cc3)c1-c1ccccc1)CC(C)(C)CC2=O. The number of halogens is 1. The van der Waals surface area contributed by atoms with Crippen molar-refractivity contribution in [3.05, 3.63) is 77.2 Å². The normalized spacial score (nSPS) is 15.8. The zero-order chi connectivity index (χ0) is 18.5. The van der Waals surface area contributed by atoms with Gasteiger partial charge in [0.15, 0.2) is 5.78 Å². The van der Waals surface area contributed by atoms with Gasteiger partial charge in [-0.2, -0.15) is 0 Å². The number of Topliss-reactive ketones (excluding diaryl/α,β-unsaturated/α-hetero) is 1. The molecule has 1 aliphatic carbocycles. The quantitative estimate of drug-likeness (QED) is 0.579. The number of rotatable bonds is 2. The Hall–Kier alpha value is -2.68. The van der Waals surface area contributed by atoms with Crippen molar-refractivity contribution < 1.29 is 9.18 Å². The van der Waals surface area contributed by atoms with E-state index in [2.05, 4.69) is 30.5 Å². The highest BCUT2D eigenvalue weighted by Gasteiger charge is 2.36. The largest absolute Gasteiger partial charge is 0.313 e. The van der Waals surface area contributed by atoms with Crippen LogP contribution in [0.5, 0.6) is 0 Å². The van der Waals surface area contributed by atoms with Gasteiger partial charge in [0, 0.05) is 23.4 Å². The number of carbonyl (C=O) groups excluding carboxylic acids is 1. The third kappa shape index (κ3) is 2.68. The molecule has 26 heavy (non-hydrogen) atoms. The van der Waals surface area contributed by atoms with Crippen LogP contribution in [0.3, 0.4) is 0 Å². The van der Waals surface area contributed by atoms with Crippen LogP contribution in [0.4, 0.5) is 4.39 Å². The summed E-state index contributed by atoms with van der Waals surface area (Å²) in [5.41, 5.74) is 5.78. The second kappa shape index (κ2) is 5.94. The van der Waals surface area contributed by atoms with Gasteiger partial charge in [-0.25, -0.2) is 4.39 Å². The smallest absolute Gasteiger partial charge is 0.165 e. The number of fused-ring (bicyclic) bond motifs is 1. The molecule has 2 aromatic carbocycles. The molecule has 0 spiro atoms. The van der Waals surface area contributed by atoms with Crippen molar-refractivity contribution >= 4 is 5.78 Å². The molecule has 3 aromatic rings. The van der Waals surface area contributed by atoms with Crippen LogP contribution < -0.4 is 0 Å². The lowest BCUT2D eigenvalue weighted by molar-refractivity contribution is 0.0910. The molecule has 1 heterocycles. The van der Waals surface area contributed by atoms with Crippen LogP contribution >= 0.6 is 0 Å². The first-order chi connectivity index (χ1) is 12.4. The highest BCUT2D eigenvalue weighted by atomic mass is 19.1. The molecule has 0 aliphatic heterocycles. The predicted molar refractivity (Wildman–Crippen MR) is 102 cm³/mol. The Bertz CT molecular complexity index is 981. The summed E-state index contributed by atoms with van der Waals surface area (Å²) in [4.78, 5) is 12.9. The van der Waals surface area contributed by atoms with E-state index in [1.54, 1.807) is 12.1 Å². The fourth-order valence-corrected chi connectivity index (χ4v) is 4.14. The molecule has 0 amide bonds. The van der Waals surface area contributed by atoms with Crippen LogP contribution in [0.2, 0.25) is 0 Å². The highest BCUT2D eigenvalue weighted by Crippen LogP contribution is 2.42. The van der Waals surface area contributed by atoms with Crippen molar-refractivity contribution in [2.75, 3.05) is 0 Å². The molecule has 0 radical (unpaired) electrons. The van der Waals surface area contributed by atoms with Gasteiger partial charge in [-0.3, -0.25) is 4.79 Å². The third-order valence-electron chi connectivity index (χ3n) is 5.21. The molecule has 0 saturated heterocycles. The summed E-state index contributed by atoms with van der Waals surface area (Å²) in [5, 5.41) is 0. The van der Waals surface area contributed by atoms with Gasteiger partial charge in [0.25, 0.3) is 0 Å². The van der Waals surface area contributed by atoms with Gasteiger partial charge in [0.2, 0.25) is 0 Å². The van der Waals surface area contributed by atoms with Crippen molar-refractivity contribution in [1.29, 1.82) is 0 Å². The summed E-state index contributed by atoms with van der Waals surface area (Å²) < 4.78 is 15.6. The molecule has 132 valence electrons. The van der Waals surface area contributed by atoms with Crippen LogP contribution in [-0.2, 0) is 6.42 Å². The lowest BCUT2D eigenvalue weighted by atomic mass is 9.75. The number of hydrogen-bond acceptors (Lipinski definition) is 1. The summed E-state index contributed by atoms with van der Waals surface area (Å²) in [6, 6.07) is 16.6. The first-order valence-electron chi connectivity index (χ1n) is 8.96. The van der Waals surface area contributed by atoms with E-state index in [-0.39, 0.29) is 17.0 Å². The van der Waals surface area contributed by atoms with Gasteiger partial charge < -0.3 is 4.57 Å². The van der Waals surface area contributed by atoms with Crippen molar-refractivity contribution in [2.45, 2.75) is 33.6 Å². The van der Waals surface area contributed by atoms with Gasteiger partial charge in [-0.05, 0) is 54.2 Å². The topological polar surface area (TPSA) is 22.0 Å². The molecule has 0 N–H and O–H groups in total. The van der Waals surface area contributed by atoms with E-state index in [0.29, 0.717) is 6.42 Å². The maximum atomic E-state index is 13.5. The Morgan fingerprint density at radius 2 is 1.62 bits per heavy atom. The molecular weight excluding hydrogens is 325 g/mol. The van der Waals surface area contributed by atoms with Crippen LogP contribution in [-0.4, -0.2) is 10.4 Å². The van der Waals surface area contributed by atoms with Crippen LogP contribution in [0.1, 0.15) is 41.9 Å². The Morgan fingerprint density at radius 3 is 2.27 bits per heavy atom. The molecule has 0 saturated carbocycles. The maximum Gasteiger partial charge on any atom is 0.165 e. The second-order valence-electron chi connectivity index (χ2n) is 7.91. The molecule has 0 bridgehead atoms. The number of aromatic nitrogens is 1. The van der Waals surface area contributed by atoms with Crippen molar-refractivity contribution in [3.63, 3.8) is 0 Å². The fraction of sp³-hybridized carbons (Fsp3) is 0.261. The summed E-state index contributed by atoms with van der Waals surface area (Å²) in [7, 11) is 0. The Labute approximate surface area is 153 Å². The minimum absolute atomic E-state index is 0.0827. The Kier molecular flexibility index (Phi) is 3.83. The summed E-state index contributed by atoms with van der Waals surface area (Å²) in [6.45, 7) is 6.29. The zero-order valence-corrected chi connectivity index (χ0v) is 15.3. The molecule has 3 heteroatoms. The van der Waals surface area contributed by atoms with Crippen molar-refractivity contribution in [3.8, 4) is 16.9 Å². The molecule has 4 rings (SSSR count). The Balaban J connectivity index is 2.06. The van der Waals surface area contributed by atoms with Crippen molar-refractivity contribution in [2.24, 2.45) is 5.41 Å². The molecule has 0 unspecified atom stereocenters. The minimum Gasteiger partial charge on any atom is -0.313 e. The molecular formula is C23H22FNO. The minimum atomic E-state index is -0.260. The molecule has 0 atom stereocenters. The standard InChI is InChI=1S/C23H22FNO/c1-15-21-19(13-23(2,3)14-20(21)26)25(18-11-9-17(24)10-12-18)22(15)16-7-5-4-6-8-16/h4-12H,13-14H2,1-3H3. The van der Waals surface area contributed by atoms with E-state index in [0.717, 1.165) is 40.2 Å². The number of nitrogens with zero attached hydrogens (tertiary/aromatic N) is 1. The van der Waals surface area contributed by atoms with Gasteiger partial charge in [0.1, 0.15) is 5.82 Å². The summed E-state index contributed by atoms with van der Waals surface area (Å²) in [5.74, 6) is -0.0593. The summed E-state index contributed by atoms with van der Waals surface area (Å²) >= 11 is 0. The zero-order valence-electron chi connectivity index (χ0n) is 15.3. The average Bonchev–Trinajstić information content (AvgIpc) is 2.87. The van der Waals surface area contributed by atoms with Crippen molar-refractivity contribution in [1.82, 2.24) is 4.57 Å². The molecule has 0 fully saturated rings. The molecule has 2 nitrogen and oxygen atoms in total. The average molecular weight is 347 g/mol. The van der Waals surface area contributed by atoms with Gasteiger partial charge in [-0.15, -0.1) is 0 Å².